The number of aromatic nitrogens is 2. The predicted molar refractivity (Wildman–Crippen MR) is 139 cm³/mol. The zero-order valence-corrected chi connectivity index (χ0v) is 21.7. The van der Waals surface area contributed by atoms with E-state index in [9.17, 15) is 13.6 Å². The molecule has 37 heavy (non-hydrogen) atoms. The van der Waals surface area contributed by atoms with Crippen molar-refractivity contribution in [2.45, 2.75) is 76.8 Å². The van der Waals surface area contributed by atoms with Gasteiger partial charge in [-0.3, -0.25) is 4.79 Å². The van der Waals surface area contributed by atoms with Crippen molar-refractivity contribution in [1.29, 1.82) is 0 Å². The zero-order valence-electron chi connectivity index (χ0n) is 21.7. The van der Waals surface area contributed by atoms with E-state index >= 15 is 0 Å². The summed E-state index contributed by atoms with van der Waals surface area (Å²) in [7, 11) is 0. The lowest BCUT2D eigenvalue weighted by Gasteiger charge is -2.32. The Hall–Kier alpha value is -3.13. The third-order valence-corrected chi connectivity index (χ3v) is 8.41. The molecule has 2 aliphatic heterocycles. The van der Waals surface area contributed by atoms with Gasteiger partial charge in [-0.1, -0.05) is 18.2 Å². The van der Waals surface area contributed by atoms with Crippen molar-refractivity contribution in [1.82, 2.24) is 10.2 Å². The van der Waals surface area contributed by atoms with Gasteiger partial charge >= 0.3 is 0 Å². The second-order valence-corrected chi connectivity index (χ2v) is 10.9. The summed E-state index contributed by atoms with van der Waals surface area (Å²) in [6.07, 6.45) is 3.41. The molecule has 1 aliphatic carbocycles. The fraction of sp³-hybridized carbons (Fsp3) is 0.483. The number of alkyl halides is 2. The van der Waals surface area contributed by atoms with Gasteiger partial charge in [0.2, 0.25) is 5.91 Å². The highest BCUT2D eigenvalue weighted by atomic mass is 19.3. The second-order valence-electron chi connectivity index (χ2n) is 10.9. The molecule has 1 N–H and O–H groups in total. The number of nitrogens with zero attached hydrogens (tertiary/aromatic N) is 3. The van der Waals surface area contributed by atoms with Crippen LogP contribution < -0.4 is 10.2 Å². The summed E-state index contributed by atoms with van der Waals surface area (Å²) in [4.78, 5) is 15.9. The standard InChI is InChI=1S/C29H32F2N4O2/c1-16-20(6-5-7-23(16)28(4,30)31)17(2)32-26-22-15-25-24(14-21(22)18(3)33-34-26)29(10-12-37-13-11-29)27(36)35(25)19-8-9-19/h5-7,14-15,17,19H,8-13H2,1-4H3,(H,32,34)/t17-/m1/s1. The lowest BCUT2D eigenvalue weighted by atomic mass is 9.74. The quantitative estimate of drug-likeness (QED) is 0.454. The summed E-state index contributed by atoms with van der Waals surface area (Å²) >= 11 is 0. The number of carbonyl (C=O) groups excluding carboxylic acids is 1. The van der Waals surface area contributed by atoms with E-state index in [0.29, 0.717) is 37.4 Å². The van der Waals surface area contributed by atoms with Gasteiger partial charge in [-0.05, 0) is 75.3 Å². The maximum Gasteiger partial charge on any atom is 0.270 e. The number of anilines is 2. The fourth-order valence-corrected chi connectivity index (χ4v) is 6.24. The number of fused-ring (bicyclic) bond motifs is 3. The van der Waals surface area contributed by atoms with Gasteiger partial charge in [0.05, 0.1) is 17.2 Å². The molecule has 6 rings (SSSR count). The van der Waals surface area contributed by atoms with Crippen molar-refractivity contribution in [3.63, 3.8) is 0 Å². The molecular formula is C29H32F2N4O2. The average Bonchev–Trinajstić information content (AvgIpc) is 3.67. The van der Waals surface area contributed by atoms with Crippen LogP contribution in [0.3, 0.4) is 0 Å². The van der Waals surface area contributed by atoms with Crippen LogP contribution in [0.15, 0.2) is 30.3 Å². The number of halogens is 2. The van der Waals surface area contributed by atoms with Crippen LogP contribution in [0, 0.1) is 13.8 Å². The van der Waals surface area contributed by atoms with Crippen LogP contribution >= 0.6 is 0 Å². The Labute approximate surface area is 215 Å². The number of carbonyl (C=O) groups is 1. The summed E-state index contributed by atoms with van der Waals surface area (Å²) in [6, 6.07) is 9.21. The SMILES string of the molecule is Cc1c([C@@H](C)Nc2nnc(C)c3cc4c(cc23)N(C2CC2)C(=O)C42CCOCC2)cccc1C(C)(F)F. The monoisotopic (exact) mass is 506 g/mol. The molecule has 0 bridgehead atoms. The molecule has 1 saturated heterocycles. The topological polar surface area (TPSA) is 67.4 Å². The van der Waals surface area contributed by atoms with Crippen molar-refractivity contribution in [3.8, 4) is 0 Å². The van der Waals surface area contributed by atoms with E-state index in [2.05, 4.69) is 27.6 Å². The zero-order chi connectivity index (χ0) is 26.1. The molecule has 2 fully saturated rings. The number of aryl methyl sites for hydroxylation is 1. The molecule has 0 radical (unpaired) electrons. The van der Waals surface area contributed by atoms with E-state index in [1.54, 1.807) is 13.0 Å². The highest BCUT2D eigenvalue weighted by Gasteiger charge is 2.54. The van der Waals surface area contributed by atoms with E-state index in [4.69, 9.17) is 4.74 Å². The maximum atomic E-state index is 14.2. The van der Waals surface area contributed by atoms with Gasteiger partial charge in [-0.2, -0.15) is 5.10 Å². The van der Waals surface area contributed by atoms with Crippen LogP contribution in [-0.2, 0) is 20.9 Å². The molecule has 3 aromatic rings. The van der Waals surface area contributed by atoms with Gasteiger partial charge in [-0.25, -0.2) is 8.78 Å². The molecule has 3 aliphatic rings. The van der Waals surface area contributed by atoms with E-state index in [1.165, 1.54) is 6.07 Å². The van der Waals surface area contributed by atoms with Gasteiger partial charge < -0.3 is 15.0 Å². The van der Waals surface area contributed by atoms with Gasteiger partial charge in [-0.15, -0.1) is 5.10 Å². The fourth-order valence-electron chi connectivity index (χ4n) is 6.24. The lowest BCUT2D eigenvalue weighted by molar-refractivity contribution is -0.126. The Bertz CT molecular complexity index is 1410. The van der Waals surface area contributed by atoms with Crippen LogP contribution in [0.25, 0.3) is 10.8 Å². The number of rotatable bonds is 5. The minimum atomic E-state index is -2.92. The first-order chi connectivity index (χ1) is 17.6. The molecule has 2 aromatic carbocycles. The lowest BCUT2D eigenvalue weighted by Crippen LogP contribution is -2.44. The van der Waals surface area contributed by atoms with Crippen LogP contribution in [-0.4, -0.2) is 35.4 Å². The van der Waals surface area contributed by atoms with Crippen molar-refractivity contribution < 1.29 is 18.3 Å². The third kappa shape index (κ3) is 3.79. The first kappa shape index (κ1) is 24.2. The Morgan fingerprint density at radius 1 is 1.14 bits per heavy atom. The molecule has 8 heteroatoms. The first-order valence-corrected chi connectivity index (χ1v) is 13.1. The summed E-state index contributed by atoms with van der Waals surface area (Å²) in [5.74, 6) is -2.14. The van der Waals surface area contributed by atoms with Crippen LogP contribution in [0.2, 0.25) is 0 Å². The normalized spacial score (nSPS) is 19.9. The highest BCUT2D eigenvalue weighted by Crippen LogP contribution is 2.52. The third-order valence-electron chi connectivity index (χ3n) is 8.41. The largest absolute Gasteiger partial charge is 0.381 e. The first-order valence-electron chi connectivity index (χ1n) is 13.1. The van der Waals surface area contributed by atoms with E-state index in [-0.39, 0.29) is 23.6 Å². The second kappa shape index (κ2) is 8.45. The Morgan fingerprint density at radius 2 is 1.86 bits per heavy atom. The Kier molecular flexibility index (Phi) is 5.53. The minimum absolute atomic E-state index is 0.0247. The number of nitrogens with one attached hydrogen (secondary N) is 1. The van der Waals surface area contributed by atoms with Crippen molar-refractivity contribution in [3.05, 3.63) is 58.3 Å². The van der Waals surface area contributed by atoms with Crippen molar-refractivity contribution in [2.24, 2.45) is 0 Å². The summed E-state index contributed by atoms with van der Waals surface area (Å²) in [6.45, 7) is 7.69. The molecule has 3 heterocycles. The number of ether oxygens (including phenoxy) is 1. The maximum absolute atomic E-state index is 14.2. The van der Waals surface area contributed by atoms with Gasteiger partial charge in [0, 0.05) is 48.2 Å². The number of hydrogen-bond acceptors (Lipinski definition) is 5. The summed E-state index contributed by atoms with van der Waals surface area (Å²) in [5.41, 5.74) is 3.66. The molecule has 0 unspecified atom stereocenters. The molecule has 1 saturated carbocycles. The van der Waals surface area contributed by atoms with Crippen LogP contribution in [0.1, 0.15) is 73.5 Å². The van der Waals surface area contributed by atoms with Crippen LogP contribution in [0.5, 0.6) is 0 Å². The minimum Gasteiger partial charge on any atom is -0.381 e. The van der Waals surface area contributed by atoms with Gasteiger partial charge in [0.15, 0.2) is 5.82 Å². The number of hydrogen-bond donors (Lipinski definition) is 1. The van der Waals surface area contributed by atoms with E-state index in [1.807, 2.05) is 24.8 Å². The number of amides is 1. The average molecular weight is 507 g/mol. The van der Waals surface area contributed by atoms with Gasteiger partial charge in [0.1, 0.15) is 0 Å². The predicted octanol–water partition coefficient (Wildman–Crippen LogP) is 6.09. The molecule has 6 nitrogen and oxygen atoms in total. The Balaban J connectivity index is 1.45. The summed E-state index contributed by atoms with van der Waals surface area (Å²) in [5, 5.41) is 14.2. The van der Waals surface area contributed by atoms with Crippen molar-refractivity contribution in [2.75, 3.05) is 23.4 Å². The summed E-state index contributed by atoms with van der Waals surface area (Å²) < 4.78 is 34.0. The highest BCUT2D eigenvalue weighted by molar-refractivity contribution is 6.12. The van der Waals surface area contributed by atoms with E-state index < -0.39 is 11.3 Å². The smallest absolute Gasteiger partial charge is 0.270 e. The van der Waals surface area contributed by atoms with Gasteiger partial charge in [0.25, 0.3) is 5.92 Å². The molecule has 1 spiro atoms. The molecule has 1 atom stereocenters. The Morgan fingerprint density at radius 3 is 2.54 bits per heavy atom. The molecule has 1 aromatic heterocycles. The molecule has 194 valence electrons. The van der Waals surface area contributed by atoms with E-state index in [0.717, 1.165) is 53.0 Å². The van der Waals surface area contributed by atoms with Crippen molar-refractivity contribution >= 4 is 28.2 Å². The molecule has 1 amide bonds. The van der Waals surface area contributed by atoms with Crippen LogP contribution in [0.4, 0.5) is 20.3 Å². The molecular weight excluding hydrogens is 474 g/mol. The number of benzene rings is 2.